The van der Waals surface area contributed by atoms with Gasteiger partial charge in [-0.25, -0.2) is 4.79 Å². The number of allylic oxidation sites excluding steroid dienone is 1. The monoisotopic (exact) mass is 408 g/mol. The first-order valence-electron chi connectivity index (χ1n) is 11.2. The third-order valence-corrected chi connectivity index (χ3v) is 6.21. The summed E-state index contributed by atoms with van der Waals surface area (Å²) >= 11 is 0. The highest BCUT2D eigenvalue weighted by atomic mass is 16.5. The van der Waals surface area contributed by atoms with Crippen molar-refractivity contribution < 1.29 is 14.3 Å². The molecule has 1 saturated heterocycles. The zero-order valence-corrected chi connectivity index (χ0v) is 18.6. The number of amides is 3. The molecule has 7 nitrogen and oxygen atoms in total. The Balaban J connectivity index is 1.82. The second-order valence-corrected chi connectivity index (χ2v) is 8.66. The third-order valence-electron chi connectivity index (χ3n) is 6.21. The number of nitrogens with zero attached hydrogens (tertiary/aromatic N) is 1. The summed E-state index contributed by atoms with van der Waals surface area (Å²) in [7, 11) is 0. The SMILES string of the molecule is CCNC(=O)NC[C@@H]1C=C(C)[C@H](CC(=O)NCCN2CCOCC2)C[C@H]1C(C)C. The van der Waals surface area contributed by atoms with Gasteiger partial charge in [0.2, 0.25) is 5.91 Å². The number of hydrogen-bond donors (Lipinski definition) is 3. The number of nitrogens with one attached hydrogen (secondary N) is 3. The first-order valence-corrected chi connectivity index (χ1v) is 11.2. The second kappa shape index (κ2) is 12.2. The van der Waals surface area contributed by atoms with Gasteiger partial charge in [0.15, 0.2) is 0 Å². The maximum Gasteiger partial charge on any atom is 0.314 e. The Morgan fingerprint density at radius 1 is 1.21 bits per heavy atom. The van der Waals surface area contributed by atoms with Crippen molar-refractivity contribution in [1.29, 1.82) is 0 Å². The van der Waals surface area contributed by atoms with E-state index in [1.807, 2.05) is 6.92 Å². The lowest BCUT2D eigenvalue weighted by molar-refractivity contribution is -0.122. The molecule has 3 N–H and O–H groups in total. The fourth-order valence-corrected chi connectivity index (χ4v) is 4.42. The number of urea groups is 1. The Morgan fingerprint density at radius 3 is 2.59 bits per heavy atom. The first kappa shape index (κ1) is 23.7. The van der Waals surface area contributed by atoms with Crippen molar-refractivity contribution in [3.63, 3.8) is 0 Å². The van der Waals surface area contributed by atoms with Crippen molar-refractivity contribution in [2.45, 2.75) is 40.5 Å². The zero-order chi connectivity index (χ0) is 21.2. The Hall–Kier alpha value is -1.60. The predicted octanol–water partition coefficient (Wildman–Crippen LogP) is 2.00. The Kier molecular flexibility index (Phi) is 9.94. The van der Waals surface area contributed by atoms with E-state index in [1.54, 1.807) is 0 Å². The molecule has 2 aliphatic rings. The fourth-order valence-electron chi connectivity index (χ4n) is 4.42. The number of carbonyl (C=O) groups excluding carboxylic acids is 2. The van der Waals surface area contributed by atoms with Gasteiger partial charge in [-0.2, -0.15) is 0 Å². The van der Waals surface area contributed by atoms with Gasteiger partial charge in [-0.1, -0.05) is 25.5 Å². The molecule has 0 radical (unpaired) electrons. The largest absolute Gasteiger partial charge is 0.379 e. The molecule has 1 aliphatic carbocycles. The maximum absolute atomic E-state index is 12.5. The van der Waals surface area contributed by atoms with E-state index < -0.39 is 0 Å². The standard InChI is InChI=1S/C22H40N4O3/c1-5-23-22(28)25-15-19-12-17(4)18(13-20(19)16(2)3)14-21(27)24-6-7-26-8-10-29-11-9-26/h12,16,18-20H,5-11,13-15H2,1-4H3,(H,24,27)(H2,23,25,28)/t18-,19-,20-/m0/s1. The Bertz CT molecular complexity index is 558. The van der Waals surface area contributed by atoms with E-state index in [-0.39, 0.29) is 17.9 Å². The van der Waals surface area contributed by atoms with Gasteiger partial charge in [0, 0.05) is 45.7 Å². The summed E-state index contributed by atoms with van der Waals surface area (Å²) in [6.45, 7) is 14.8. The molecule has 0 unspecified atom stereocenters. The Morgan fingerprint density at radius 2 is 1.93 bits per heavy atom. The fraction of sp³-hybridized carbons (Fsp3) is 0.818. The molecule has 1 fully saturated rings. The molecule has 0 aromatic heterocycles. The van der Waals surface area contributed by atoms with E-state index in [0.717, 1.165) is 39.3 Å². The van der Waals surface area contributed by atoms with Crippen LogP contribution in [0.4, 0.5) is 4.79 Å². The van der Waals surface area contributed by atoms with Crippen LogP contribution in [0.3, 0.4) is 0 Å². The molecule has 0 saturated carbocycles. The predicted molar refractivity (Wildman–Crippen MR) is 116 cm³/mol. The number of carbonyl (C=O) groups is 2. The number of morpholine rings is 1. The lowest BCUT2D eigenvalue weighted by Gasteiger charge is -2.37. The average Bonchev–Trinajstić information content (AvgIpc) is 2.69. The van der Waals surface area contributed by atoms with Crippen molar-refractivity contribution in [1.82, 2.24) is 20.9 Å². The summed E-state index contributed by atoms with van der Waals surface area (Å²) in [4.78, 5) is 26.6. The quantitative estimate of drug-likeness (QED) is 0.510. The maximum atomic E-state index is 12.5. The normalized spacial score (nSPS) is 25.4. The van der Waals surface area contributed by atoms with Gasteiger partial charge in [-0.05, 0) is 43.9 Å². The molecule has 166 valence electrons. The van der Waals surface area contributed by atoms with Gasteiger partial charge in [0.25, 0.3) is 0 Å². The van der Waals surface area contributed by atoms with Crippen LogP contribution < -0.4 is 16.0 Å². The summed E-state index contributed by atoms with van der Waals surface area (Å²) in [5.41, 5.74) is 1.27. The number of hydrogen-bond acceptors (Lipinski definition) is 4. The zero-order valence-electron chi connectivity index (χ0n) is 18.6. The summed E-state index contributed by atoms with van der Waals surface area (Å²) in [5, 5.41) is 8.86. The van der Waals surface area contributed by atoms with E-state index in [0.29, 0.717) is 43.8 Å². The van der Waals surface area contributed by atoms with Gasteiger partial charge in [0.05, 0.1) is 13.2 Å². The van der Waals surface area contributed by atoms with Crippen molar-refractivity contribution in [3.05, 3.63) is 11.6 Å². The lowest BCUT2D eigenvalue weighted by atomic mass is 9.70. The molecule has 1 aliphatic heterocycles. The summed E-state index contributed by atoms with van der Waals surface area (Å²) in [6, 6.07) is -0.108. The third kappa shape index (κ3) is 7.97. The van der Waals surface area contributed by atoms with E-state index >= 15 is 0 Å². The minimum Gasteiger partial charge on any atom is -0.379 e. The first-order chi connectivity index (χ1) is 13.9. The number of ether oxygens (including phenoxy) is 1. The molecular weight excluding hydrogens is 368 g/mol. The van der Waals surface area contributed by atoms with Crippen molar-refractivity contribution in [2.24, 2.45) is 23.7 Å². The molecule has 0 bridgehead atoms. The highest BCUT2D eigenvalue weighted by molar-refractivity contribution is 5.76. The van der Waals surface area contributed by atoms with E-state index in [1.165, 1.54) is 5.57 Å². The van der Waals surface area contributed by atoms with E-state index in [9.17, 15) is 9.59 Å². The molecule has 3 atom stereocenters. The number of rotatable bonds is 9. The van der Waals surface area contributed by atoms with Gasteiger partial charge < -0.3 is 20.7 Å². The van der Waals surface area contributed by atoms with Gasteiger partial charge in [0.1, 0.15) is 0 Å². The van der Waals surface area contributed by atoms with Gasteiger partial charge in [-0.15, -0.1) is 0 Å². The van der Waals surface area contributed by atoms with Gasteiger partial charge >= 0.3 is 6.03 Å². The lowest BCUT2D eigenvalue weighted by Crippen LogP contribution is -2.42. The smallest absolute Gasteiger partial charge is 0.314 e. The van der Waals surface area contributed by atoms with Crippen LogP contribution in [0.25, 0.3) is 0 Å². The van der Waals surface area contributed by atoms with Crippen LogP contribution in [0.2, 0.25) is 0 Å². The van der Waals surface area contributed by atoms with Crippen molar-refractivity contribution in [3.8, 4) is 0 Å². The summed E-state index contributed by atoms with van der Waals surface area (Å²) in [6.07, 6.45) is 3.83. The highest BCUT2D eigenvalue weighted by Crippen LogP contribution is 2.38. The minimum absolute atomic E-state index is 0.108. The topological polar surface area (TPSA) is 82.7 Å². The van der Waals surface area contributed by atoms with Crippen LogP contribution in [0.15, 0.2) is 11.6 Å². The van der Waals surface area contributed by atoms with Crippen LogP contribution in [0.1, 0.15) is 40.5 Å². The Labute approximate surface area is 176 Å². The average molecular weight is 409 g/mol. The van der Waals surface area contributed by atoms with Gasteiger partial charge in [-0.3, -0.25) is 9.69 Å². The summed E-state index contributed by atoms with van der Waals surface area (Å²) in [5.74, 6) is 1.71. The molecular formula is C22H40N4O3. The second-order valence-electron chi connectivity index (χ2n) is 8.66. The summed E-state index contributed by atoms with van der Waals surface area (Å²) < 4.78 is 5.36. The molecule has 0 aromatic carbocycles. The van der Waals surface area contributed by atoms with Crippen LogP contribution in [-0.4, -0.2) is 69.3 Å². The molecule has 1 heterocycles. The molecule has 29 heavy (non-hydrogen) atoms. The van der Waals surface area contributed by atoms with Crippen LogP contribution in [0, 0.1) is 23.7 Å². The highest BCUT2D eigenvalue weighted by Gasteiger charge is 2.32. The molecule has 3 amide bonds. The molecule has 0 spiro atoms. The molecule has 2 rings (SSSR count). The minimum atomic E-state index is -0.108. The molecule has 0 aromatic rings. The van der Waals surface area contributed by atoms with E-state index in [2.05, 4.69) is 47.7 Å². The van der Waals surface area contributed by atoms with Crippen LogP contribution in [-0.2, 0) is 9.53 Å². The van der Waals surface area contributed by atoms with Crippen molar-refractivity contribution >= 4 is 11.9 Å². The van der Waals surface area contributed by atoms with E-state index in [4.69, 9.17) is 4.74 Å². The van der Waals surface area contributed by atoms with Crippen molar-refractivity contribution in [2.75, 3.05) is 52.5 Å². The van der Waals surface area contributed by atoms with Crippen LogP contribution in [0.5, 0.6) is 0 Å². The van der Waals surface area contributed by atoms with Crippen LogP contribution >= 0.6 is 0 Å². The molecule has 7 heteroatoms.